The third kappa shape index (κ3) is 12.7. The number of carbonyl (C=O) groups is 6. The maximum absolute atomic E-state index is 13.0. The van der Waals surface area contributed by atoms with Gasteiger partial charge in [0.1, 0.15) is 18.1 Å². The first-order valence-corrected chi connectivity index (χ1v) is 11.6. The van der Waals surface area contributed by atoms with Gasteiger partial charge in [0.15, 0.2) is 0 Å². The van der Waals surface area contributed by atoms with Gasteiger partial charge in [-0.3, -0.25) is 24.0 Å². The van der Waals surface area contributed by atoms with Crippen LogP contribution in [0.15, 0.2) is 0 Å². The summed E-state index contributed by atoms with van der Waals surface area (Å²) >= 11 is 0. The molecule has 5 unspecified atom stereocenters. The molecule has 0 aliphatic rings. The molecule has 0 spiro atoms. The van der Waals surface area contributed by atoms with E-state index in [4.69, 9.17) is 16.6 Å². The van der Waals surface area contributed by atoms with Crippen LogP contribution in [0.25, 0.3) is 0 Å². The fourth-order valence-corrected chi connectivity index (χ4v) is 3.19. The molecule has 5 atom stereocenters. The van der Waals surface area contributed by atoms with E-state index in [-0.39, 0.29) is 25.2 Å². The summed E-state index contributed by atoms with van der Waals surface area (Å²) in [6.45, 7) is 7.15. The van der Waals surface area contributed by atoms with Crippen LogP contribution < -0.4 is 27.4 Å². The molecule has 0 aromatic heterocycles. The van der Waals surface area contributed by atoms with E-state index in [1.54, 1.807) is 13.8 Å². The summed E-state index contributed by atoms with van der Waals surface area (Å²) in [4.78, 5) is 71.8. The number of aliphatic carboxylic acids is 2. The molecular weight excluding hydrogens is 462 g/mol. The van der Waals surface area contributed by atoms with Crippen molar-refractivity contribution in [2.24, 2.45) is 23.3 Å². The normalized spacial score (nSPS) is 15.3. The van der Waals surface area contributed by atoms with Crippen LogP contribution in [0.3, 0.4) is 0 Å². The Bertz CT molecular complexity index is 773. The fourth-order valence-electron chi connectivity index (χ4n) is 3.19. The number of hydrogen-bond donors (Lipinski definition) is 7. The quantitative estimate of drug-likeness (QED) is 0.130. The average Bonchev–Trinajstić information content (AvgIpc) is 2.75. The molecule has 0 heterocycles. The van der Waals surface area contributed by atoms with Gasteiger partial charge < -0.3 is 37.6 Å². The van der Waals surface area contributed by atoms with Gasteiger partial charge >= 0.3 is 11.9 Å². The van der Waals surface area contributed by atoms with E-state index in [0.717, 1.165) is 0 Å². The molecule has 0 fully saturated rings. The van der Waals surface area contributed by atoms with Gasteiger partial charge in [-0.05, 0) is 31.1 Å². The van der Waals surface area contributed by atoms with Gasteiger partial charge in [0, 0.05) is 12.8 Å². The van der Waals surface area contributed by atoms with Crippen LogP contribution in [0.5, 0.6) is 0 Å². The van der Waals surface area contributed by atoms with Crippen LogP contribution in [-0.2, 0) is 28.8 Å². The maximum atomic E-state index is 13.0. The third-order valence-corrected chi connectivity index (χ3v) is 5.43. The molecular formula is C22H39N5O8. The molecule has 0 aromatic rings. The van der Waals surface area contributed by atoms with Crippen LogP contribution in [0.4, 0.5) is 0 Å². The SMILES string of the molecule is CCC(C)C(NC(=O)C(CCC(=O)O)NC(=O)C(N)CC(C)C)C(=O)NC(CCC(N)=O)C(=O)O. The van der Waals surface area contributed by atoms with Gasteiger partial charge in [0.2, 0.25) is 23.6 Å². The summed E-state index contributed by atoms with van der Waals surface area (Å²) in [5, 5.41) is 25.6. The number of primary amides is 1. The van der Waals surface area contributed by atoms with Crippen LogP contribution in [0.2, 0.25) is 0 Å². The minimum Gasteiger partial charge on any atom is -0.481 e. The van der Waals surface area contributed by atoms with Crippen molar-refractivity contribution in [3.63, 3.8) is 0 Å². The lowest BCUT2D eigenvalue weighted by Crippen LogP contribution is -2.58. The van der Waals surface area contributed by atoms with E-state index in [9.17, 15) is 33.9 Å². The van der Waals surface area contributed by atoms with Crippen molar-refractivity contribution in [3.05, 3.63) is 0 Å². The Kier molecular flexibility index (Phi) is 14.2. The topological polar surface area (TPSA) is 231 Å². The first-order chi connectivity index (χ1) is 16.2. The minimum atomic E-state index is -1.41. The zero-order valence-corrected chi connectivity index (χ0v) is 20.7. The minimum absolute atomic E-state index is 0.109. The molecule has 0 saturated carbocycles. The van der Waals surface area contributed by atoms with Gasteiger partial charge in [-0.15, -0.1) is 0 Å². The second-order valence-electron chi connectivity index (χ2n) is 9.01. The van der Waals surface area contributed by atoms with Gasteiger partial charge in [-0.25, -0.2) is 4.79 Å². The Balaban J connectivity index is 5.62. The Morgan fingerprint density at radius 3 is 1.80 bits per heavy atom. The first kappa shape index (κ1) is 31.8. The zero-order valence-electron chi connectivity index (χ0n) is 20.7. The summed E-state index contributed by atoms with van der Waals surface area (Å²) in [7, 11) is 0. The standard InChI is InChI=1S/C22H39N5O8/c1-5-12(4)18(21(33)26-15(22(34)35)6-8-16(24)28)27-20(32)14(7-9-17(29)30)25-19(31)13(23)10-11(2)3/h11-15,18H,5-10,23H2,1-4H3,(H2,24,28)(H,25,31)(H,26,33)(H,27,32)(H,29,30)(H,34,35). The van der Waals surface area contributed by atoms with Crippen molar-refractivity contribution in [2.75, 3.05) is 0 Å². The van der Waals surface area contributed by atoms with E-state index in [2.05, 4.69) is 16.0 Å². The van der Waals surface area contributed by atoms with Crippen molar-refractivity contribution in [1.82, 2.24) is 16.0 Å². The lowest BCUT2D eigenvalue weighted by Gasteiger charge is -2.28. The third-order valence-electron chi connectivity index (χ3n) is 5.43. The predicted molar refractivity (Wildman–Crippen MR) is 126 cm³/mol. The number of carboxylic acids is 2. The molecule has 0 aromatic carbocycles. The lowest BCUT2D eigenvalue weighted by molar-refractivity contribution is -0.143. The van der Waals surface area contributed by atoms with Crippen molar-refractivity contribution in [2.45, 2.75) is 90.4 Å². The molecule has 35 heavy (non-hydrogen) atoms. The molecule has 13 nitrogen and oxygen atoms in total. The molecule has 0 rings (SSSR count). The van der Waals surface area contributed by atoms with Gasteiger partial charge in [-0.2, -0.15) is 0 Å². The average molecular weight is 502 g/mol. The summed E-state index contributed by atoms with van der Waals surface area (Å²) in [6.07, 6.45) is -0.388. The zero-order chi connectivity index (χ0) is 27.3. The van der Waals surface area contributed by atoms with Gasteiger partial charge in [-0.1, -0.05) is 34.1 Å². The first-order valence-electron chi connectivity index (χ1n) is 11.6. The largest absolute Gasteiger partial charge is 0.481 e. The van der Waals surface area contributed by atoms with Crippen LogP contribution in [-0.4, -0.2) is 69.9 Å². The maximum Gasteiger partial charge on any atom is 0.326 e. The molecule has 0 radical (unpaired) electrons. The molecule has 0 aliphatic heterocycles. The number of hydrogen-bond acceptors (Lipinski definition) is 7. The Morgan fingerprint density at radius 1 is 0.800 bits per heavy atom. The monoisotopic (exact) mass is 501 g/mol. The molecule has 0 aliphatic carbocycles. The second kappa shape index (κ2) is 15.6. The summed E-state index contributed by atoms with van der Waals surface area (Å²) in [5.74, 6) is -5.86. The highest BCUT2D eigenvalue weighted by Crippen LogP contribution is 2.11. The molecule has 13 heteroatoms. The predicted octanol–water partition coefficient (Wildman–Crippen LogP) is -0.925. The smallest absolute Gasteiger partial charge is 0.326 e. The van der Waals surface area contributed by atoms with Crippen LogP contribution >= 0.6 is 0 Å². The van der Waals surface area contributed by atoms with Gasteiger partial charge in [0.25, 0.3) is 0 Å². The van der Waals surface area contributed by atoms with E-state index in [1.807, 2.05) is 13.8 Å². The number of rotatable bonds is 17. The summed E-state index contributed by atoms with van der Waals surface area (Å²) < 4.78 is 0. The highest BCUT2D eigenvalue weighted by molar-refractivity contribution is 5.94. The Morgan fingerprint density at radius 2 is 1.34 bits per heavy atom. The molecule has 200 valence electrons. The van der Waals surface area contributed by atoms with E-state index >= 15 is 0 Å². The highest BCUT2D eigenvalue weighted by Gasteiger charge is 2.33. The van der Waals surface area contributed by atoms with E-state index in [0.29, 0.717) is 12.8 Å². The number of nitrogens with two attached hydrogens (primary N) is 2. The molecule has 0 bridgehead atoms. The number of carboxylic acid groups (broad SMARTS) is 2. The van der Waals surface area contributed by atoms with Gasteiger partial charge in [0.05, 0.1) is 6.04 Å². The molecule has 4 amide bonds. The van der Waals surface area contributed by atoms with Crippen LogP contribution in [0, 0.1) is 11.8 Å². The Hall–Kier alpha value is -3.22. The summed E-state index contributed by atoms with van der Waals surface area (Å²) in [5.41, 5.74) is 10.9. The highest BCUT2D eigenvalue weighted by atomic mass is 16.4. The van der Waals surface area contributed by atoms with Crippen molar-refractivity contribution in [3.8, 4) is 0 Å². The summed E-state index contributed by atoms with van der Waals surface area (Å²) in [6, 6.07) is -4.78. The van der Waals surface area contributed by atoms with Crippen LogP contribution in [0.1, 0.15) is 66.2 Å². The fraction of sp³-hybridized carbons (Fsp3) is 0.727. The number of carbonyl (C=O) groups excluding carboxylic acids is 4. The van der Waals surface area contributed by atoms with Crippen molar-refractivity contribution < 1.29 is 39.0 Å². The van der Waals surface area contributed by atoms with Crippen molar-refractivity contribution in [1.29, 1.82) is 0 Å². The molecule has 9 N–H and O–H groups in total. The lowest BCUT2D eigenvalue weighted by atomic mass is 9.96. The second-order valence-corrected chi connectivity index (χ2v) is 9.01. The van der Waals surface area contributed by atoms with E-state index < -0.39 is 72.1 Å². The number of nitrogens with one attached hydrogen (secondary N) is 3. The van der Waals surface area contributed by atoms with E-state index in [1.165, 1.54) is 0 Å². The number of amides is 4. The molecule has 0 saturated heterocycles. The van der Waals surface area contributed by atoms with Crippen molar-refractivity contribution >= 4 is 35.6 Å². The Labute approximate surface area is 204 Å².